The molecule has 0 aliphatic rings. The summed E-state index contributed by atoms with van der Waals surface area (Å²) in [4.78, 5) is -0.245. The molecule has 1 rings (SSSR count). The van der Waals surface area contributed by atoms with Crippen LogP contribution in [-0.2, 0) is 15.9 Å². The van der Waals surface area contributed by atoms with E-state index in [4.69, 9.17) is 16.3 Å². The number of hydrogen-bond acceptors (Lipinski definition) is 3. The summed E-state index contributed by atoms with van der Waals surface area (Å²) in [6, 6.07) is 3.79. The van der Waals surface area contributed by atoms with Gasteiger partial charge in [0.2, 0.25) is 10.0 Å². The third-order valence-electron chi connectivity index (χ3n) is 2.74. The van der Waals surface area contributed by atoms with Crippen LogP contribution in [0.15, 0.2) is 23.1 Å². The highest BCUT2D eigenvalue weighted by atomic mass is 35.5. The van der Waals surface area contributed by atoms with Crippen LogP contribution in [0, 0.1) is 0 Å². The molecular formula is C12H15ClF3NO3S. The number of benzene rings is 1. The zero-order valence-corrected chi connectivity index (χ0v) is 13.0. The zero-order valence-electron chi connectivity index (χ0n) is 11.4. The second-order valence-corrected chi connectivity index (χ2v) is 6.36. The van der Waals surface area contributed by atoms with Gasteiger partial charge in [-0.25, -0.2) is 8.42 Å². The van der Waals surface area contributed by atoms with Gasteiger partial charge in [0, 0.05) is 12.1 Å². The molecule has 0 unspecified atom stereocenters. The molecule has 1 aromatic rings. The van der Waals surface area contributed by atoms with Gasteiger partial charge in [0.1, 0.15) is 12.3 Å². The molecule has 0 atom stereocenters. The molecular weight excluding hydrogens is 331 g/mol. The van der Waals surface area contributed by atoms with Gasteiger partial charge in [-0.3, -0.25) is 0 Å². The molecule has 9 heteroatoms. The molecule has 0 saturated carbocycles. The van der Waals surface area contributed by atoms with Gasteiger partial charge in [-0.15, -0.1) is 11.6 Å². The second kappa shape index (κ2) is 6.85. The molecule has 0 aliphatic heterocycles. The van der Waals surface area contributed by atoms with Gasteiger partial charge in [0.15, 0.2) is 0 Å². The Balaban J connectivity index is 3.23. The van der Waals surface area contributed by atoms with Crippen molar-refractivity contribution >= 4 is 21.6 Å². The molecule has 0 radical (unpaired) electrons. The minimum Gasteiger partial charge on any atom is -0.496 e. The summed E-state index contributed by atoms with van der Waals surface area (Å²) >= 11 is 5.68. The van der Waals surface area contributed by atoms with E-state index in [0.717, 1.165) is 0 Å². The van der Waals surface area contributed by atoms with Crippen LogP contribution in [0.25, 0.3) is 0 Å². The number of ether oxygens (including phenoxy) is 1. The van der Waals surface area contributed by atoms with Gasteiger partial charge in [0.05, 0.1) is 17.9 Å². The Kier molecular flexibility index (Phi) is 5.89. The van der Waals surface area contributed by atoms with Crippen LogP contribution in [-0.4, -0.2) is 39.1 Å². The van der Waals surface area contributed by atoms with Crippen molar-refractivity contribution < 1.29 is 26.3 Å². The Morgan fingerprint density at radius 3 is 2.38 bits per heavy atom. The first-order chi connectivity index (χ1) is 9.65. The van der Waals surface area contributed by atoms with Crippen molar-refractivity contribution in [3.63, 3.8) is 0 Å². The Bertz CT molecular complexity index is 590. The highest BCUT2D eigenvalue weighted by Crippen LogP contribution is 2.27. The largest absolute Gasteiger partial charge is 0.496 e. The Morgan fingerprint density at radius 2 is 1.95 bits per heavy atom. The maximum Gasteiger partial charge on any atom is 0.402 e. The summed E-state index contributed by atoms with van der Waals surface area (Å²) in [5.41, 5.74) is 0.392. The van der Waals surface area contributed by atoms with Crippen molar-refractivity contribution in [1.82, 2.24) is 4.31 Å². The minimum absolute atomic E-state index is 0.0159. The van der Waals surface area contributed by atoms with Crippen molar-refractivity contribution in [2.24, 2.45) is 0 Å². The number of methoxy groups -OCH3 is 1. The summed E-state index contributed by atoms with van der Waals surface area (Å²) in [6.45, 7) is -0.479. The first-order valence-corrected chi connectivity index (χ1v) is 7.93. The number of rotatable bonds is 6. The van der Waals surface area contributed by atoms with E-state index in [0.29, 0.717) is 15.6 Å². The minimum atomic E-state index is -4.61. The van der Waals surface area contributed by atoms with Gasteiger partial charge in [-0.1, -0.05) is 6.92 Å². The predicted octanol–water partition coefficient (Wildman–Crippen LogP) is 3.01. The Labute approximate surface area is 126 Å². The van der Waals surface area contributed by atoms with Crippen molar-refractivity contribution in [1.29, 1.82) is 0 Å². The molecule has 0 aliphatic carbocycles. The summed E-state index contributed by atoms with van der Waals surface area (Å²) in [7, 11) is -2.85. The highest BCUT2D eigenvalue weighted by molar-refractivity contribution is 7.89. The summed E-state index contributed by atoms with van der Waals surface area (Å²) in [6.07, 6.45) is -4.61. The molecule has 120 valence electrons. The third-order valence-corrected chi connectivity index (χ3v) is 4.95. The van der Waals surface area contributed by atoms with E-state index in [1.165, 1.54) is 32.2 Å². The normalized spacial score (nSPS) is 12.7. The van der Waals surface area contributed by atoms with E-state index >= 15 is 0 Å². The Hall–Kier alpha value is -0.990. The summed E-state index contributed by atoms with van der Waals surface area (Å²) in [5.74, 6) is 0.362. The monoisotopic (exact) mass is 345 g/mol. The van der Waals surface area contributed by atoms with E-state index in [-0.39, 0.29) is 17.3 Å². The maximum absolute atomic E-state index is 12.5. The Morgan fingerprint density at radius 1 is 1.33 bits per heavy atom. The van der Waals surface area contributed by atoms with Crippen LogP contribution in [0.1, 0.15) is 12.5 Å². The molecule has 1 aromatic carbocycles. The fourth-order valence-electron chi connectivity index (χ4n) is 1.74. The lowest BCUT2D eigenvalue weighted by Crippen LogP contribution is -2.38. The van der Waals surface area contributed by atoms with Gasteiger partial charge in [-0.2, -0.15) is 17.5 Å². The van der Waals surface area contributed by atoms with Gasteiger partial charge < -0.3 is 4.74 Å². The van der Waals surface area contributed by atoms with Crippen molar-refractivity contribution in [2.45, 2.75) is 23.9 Å². The molecule has 0 N–H and O–H groups in total. The third kappa shape index (κ3) is 4.49. The molecule has 0 heterocycles. The quantitative estimate of drug-likeness (QED) is 0.745. The smallest absolute Gasteiger partial charge is 0.402 e. The summed E-state index contributed by atoms with van der Waals surface area (Å²) < 4.78 is 67.2. The molecule has 4 nitrogen and oxygen atoms in total. The predicted molar refractivity (Wildman–Crippen MR) is 73.0 cm³/mol. The zero-order chi connectivity index (χ0) is 16.3. The second-order valence-electron chi connectivity index (χ2n) is 4.15. The number of halogens is 4. The lowest BCUT2D eigenvalue weighted by molar-refractivity contribution is -0.135. The average Bonchev–Trinajstić information content (AvgIpc) is 2.42. The fourth-order valence-corrected chi connectivity index (χ4v) is 3.43. The molecule has 0 aromatic heterocycles. The fraction of sp³-hybridized carbons (Fsp3) is 0.500. The highest BCUT2D eigenvalue weighted by Gasteiger charge is 2.36. The molecule has 0 saturated heterocycles. The van der Waals surface area contributed by atoms with Gasteiger partial charge >= 0.3 is 6.18 Å². The van der Waals surface area contributed by atoms with E-state index in [9.17, 15) is 21.6 Å². The number of nitrogens with zero attached hydrogens (tertiary/aromatic N) is 1. The SMILES string of the molecule is CCN(CC(F)(F)F)S(=O)(=O)c1ccc(OC)c(CCl)c1. The van der Waals surface area contributed by atoms with Gasteiger partial charge in [-0.05, 0) is 18.2 Å². The van der Waals surface area contributed by atoms with Crippen molar-refractivity contribution in [3.05, 3.63) is 23.8 Å². The number of sulfonamides is 1. The van der Waals surface area contributed by atoms with E-state index < -0.39 is 22.7 Å². The standard InChI is InChI=1S/C12H15ClF3NO3S/c1-3-17(8-12(14,15)16)21(18,19)10-4-5-11(20-2)9(6-10)7-13/h4-6H,3,7-8H2,1-2H3. The van der Waals surface area contributed by atoms with E-state index in [1.54, 1.807) is 0 Å². The van der Waals surface area contributed by atoms with Crippen LogP contribution >= 0.6 is 11.6 Å². The van der Waals surface area contributed by atoms with Crippen molar-refractivity contribution in [2.75, 3.05) is 20.2 Å². The van der Waals surface area contributed by atoms with E-state index in [2.05, 4.69) is 0 Å². The summed E-state index contributed by atoms with van der Waals surface area (Å²) in [5, 5.41) is 0. The van der Waals surface area contributed by atoms with Crippen LogP contribution in [0.4, 0.5) is 13.2 Å². The van der Waals surface area contributed by atoms with Gasteiger partial charge in [0.25, 0.3) is 0 Å². The first-order valence-electron chi connectivity index (χ1n) is 5.95. The van der Waals surface area contributed by atoms with Crippen LogP contribution in [0.5, 0.6) is 5.75 Å². The molecule has 0 bridgehead atoms. The topological polar surface area (TPSA) is 46.6 Å². The molecule has 0 amide bonds. The average molecular weight is 346 g/mol. The number of hydrogen-bond donors (Lipinski definition) is 0. The lowest BCUT2D eigenvalue weighted by Gasteiger charge is -2.22. The van der Waals surface area contributed by atoms with Crippen molar-refractivity contribution in [3.8, 4) is 5.75 Å². The molecule has 0 spiro atoms. The molecule has 21 heavy (non-hydrogen) atoms. The van der Waals surface area contributed by atoms with Crippen LogP contribution in [0.2, 0.25) is 0 Å². The maximum atomic E-state index is 12.5. The molecule has 0 fully saturated rings. The van der Waals surface area contributed by atoms with Crippen LogP contribution in [0.3, 0.4) is 0 Å². The lowest BCUT2D eigenvalue weighted by atomic mass is 10.2. The van der Waals surface area contributed by atoms with E-state index in [1.807, 2.05) is 0 Å². The van der Waals surface area contributed by atoms with Crippen LogP contribution < -0.4 is 4.74 Å². The first kappa shape index (κ1) is 18.1. The number of alkyl halides is 4.